The Bertz CT molecular complexity index is 127. The van der Waals surface area contributed by atoms with Gasteiger partial charge in [-0.2, -0.15) is 0 Å². The van der Waals surface area contributed by atoms with Crippen molar-refractivity contribution in [1.82, 2.24) is 0 Å². The summed E-state index contributed by atoms with van der Waals surface area (Å²) in [5, 5.41) is 0. The Morgan fingerprint density at radius 2 is 1.17 bits per heavy atom. The van der Waals surface area contributed by atoms with Crippen LogP contribution in [0.4, 0.5) is 0 Å². The summed E-state index contributed by atoms with van der Waals surface area (Å²) in [5.41, 5.74) is 0. The third-order valence-corrected chi connectivity index (χ3v) is 0. The normalized spacial score (nSPS) is 7.83. The van der Waals surface area contributed by atoms with Gasteiger partial charge in [0.05, 0.1) is 28.2 Å². The number of hydrogen-bond acceptors (Lipinski definition) is 0. The maximum Gasteiger partial charge on any atom is 0.257 e. The first kappa shape index (κ1) is 17.3. The van der Waals surface area contributed by atoms with Crippen molar-refractivity contribution in [2.24, 2.45) is 0 Å². The molecule has 0 atom stereocenters. The smallest absolute Gasteiger partial charge is 0.257 e. The van der Waals surface area contributed by atoms with Crippen LogP contribution in [0.3, 0.4) is 0 Å². The van der Waals surface area contributed by atoms with E-state index in [9.17, 15) is 0 Å². The summed E-state index contributed by atoms with van der Waals surface area (Å²) in [6, 6.07) is 0. The predicted molar refractivity (Wildman–Crippen MR) is 57.4 cm³/mol. The molecule has 0 N–H and O–H groups in total. The molecule has 0 amide bonds. The van der Waals surface area contributed by atoms with Gasteiger partial charge in [-0.05, 0) is 0 Å². The maximum absolute atomic E-state index is 4.47. The van der Waals surface area contributed by atoms with Crippen LogP contribution in [0, 0.1) is 6.57 Å². The van der Waals surface area contributed by atoms with E-state index in [-0.39, 0.29) is 0 Å². The number of nitrogens with zero attached hydrogens (tertiary/aromatic N) is 3. The Labute approximate surface area is 77.3 Å². The summed E-state index contributed by atoms with van der Waals surface area (Å²) in [6.45, 7) is 7.94. The molecule has 0 saturated heterocycles. The van der Waals surface area contributed by atoms with E-state index in [1.54, 1.807) is 4.58 Å². The number of quaternary nitrogens is 1. The lowest BCUT2D eigenvalue weighted by Crippen LogP contribution is -2.27. The van der Waals surface area contributed by atoms with Crippen molar-refractivity contribution in [3.8, 4) is 6.57 Å². The molecule has 0 heterocycles. The van der Waals surface area contributed by atoms with Gasteiger partial charge in [0.15, 0.2) is 0 Å². The van der Waals surface area contributed by atoms with Crippen molar-refractivity contribution >= 4 is 6.72 Å². The standard InChI is InChI=1S/C4H12N.C3H8N.C2H4N/c1-5(2,3)4;1-4(2)3;1-3-2/h1-4H3;1H2,2-3H3;1H,2H3/q3*+1. The summed E-state index contributed by atoms with van der Waals surface area (Å²) in [6.07, 6.45) is 0. The van der Waals surface area contributed by atoms with Gasteiger partial charge >= 0.3 is 0 Å². The minimum Gasteiger partial charge on any atom is -0.333 e. The Kier molecular flexibility index (Phi) is 14.6. The van der Waals surface area contributed by atoms with Crippen molar-refractivity contribution in [3.05, 3.63) is 4.85 Å². The largest absolute Gasteiger partial charge is 0.333 e. The second-order valence-electron chi connectivity index (χ2n) is 4.02. The van der Waals surface area contributed by atoms with E-state index in [1.165, 1.54) is 7.05 Å². The molecule has 0 saturated carbocycles. The van der Waals surface area contributed by atoms with E-state index < -0.39 is 0 Å². The highest BCUT2D eigenvalue weighted by atomic mass is 15.2. The fraction of sp³-hybridized carbons (Fsp3) is 0.778. The van der Waals surface area contributed by atoms with Gasteiger partial charge in [0.2, 0.25) is 0 Å². The zero-order valence-electron chi connectivity index (χ0n) is 9.63. The lowest BCUT2D eigenvalue weighted by Gasteiger charge is -2.14. The van der Waals surface area contributed by atoms with Gasteiger partial charge in [-0.1, -0.05) is 4.85 Å². The van der Waals surface area contributed by atoms with Crippen molar-refractivity contribution in [2.45, 2.75) is 0 Å². The van der Waals surface area contributed by atoms with Crippen molar-refractivity contribution in [1.29, 1.82) is 0 Å². The molecular weight excluding hydrogens is 150 g/mol. The summed E-state index contributed by atoms with van der Waals surface area (Å²) in [4.78, 5) is 3.00. The van der Waals surface area contributed by atoms with Crippen LogP contribution in [0.2, 0.25) is 0 Å². The van der Waals surface area contributed by atoms with Gasteiger partial charge in [0.1, 0.15) is 20.8 Å². The van der Waals surface area contributed by atoms with Crippen molar-refractivity contribution < 1.29 is 9.06 Å². The van der Waals surface area contributed by atoms with Gasteiger partial charge in [-0.25, -0.2) is 4.58 Å². The van der Waals surface area contributed by atoms with E-state index in [2.05, 4.69) is 46.3 Å². The van der Waals surface area contributed by atoms with E-state index in [1.807, 2.05) is 14.1 Å². The SMILES string of the molecule is C#[N+]C.C=[N+](C)C.C[N+](C)(C)C. The van der Waals surface area contributed by atoms with E-state index in [4.69, 9.17) is 0 Å². The molecule has 3 nitrogen and oxygen atoms in total. The molecule has 72 valence electrons. The fourth-order valence-corrected chi connectivity index (χ4v) is 0. The molecule has 0 aromatic rings. The van der Waals surface area contributed by atoms with E-state index in [0.717, 1.165) is 4.48 Å². The second-order valence-corrected chi connectivity index (χ2v) is 4.02. The quantitative estimate of drug-likeness (QED) is 0.292. The molecule has 0 fully saturated rings. The van der Waals surface area contributed by atoms with Crippen LogP contribution in [0.25, 0.3) is 4.85 Å². The lowest BCUT2D eigenvalue weighted by molar-refractivity contribution is -0.849. The highest BCUT2D eigenvalue weighted by Crippen LogP contribution is 1.73. The number of hydrogen-bond donors (Lipinski definition) is 0. The average Bonchev–Trinajstić information content (AvgIpc) is 1.56. The highest BCUT2D eigenvalue weighted by molar-refractivity contribution is 5.13. The van der Waals surface area contributed by atoms with Crippen molar-refractivity contribution in [3.63, 3.8) is 0 Å². The molecule has 0 bridgehead atoms. The van der Waals surface area contributed by atoms with Gasteiger partial charge in [-0.15, -0.1) is 0 Å². The Balaban J connectivity index is -0.000000105. The third kappa shape index (κ3) is 777. The van der Waals surface area contributed by atoms with Crippen LogP contribution in [-0.2, 0) is 0 Å². The first-order valence-corrected chi connectivity index (χ1v) is 3.70. The molecule has 0 unspecified atom stereocenters. The molecule has 3 heteroatoms. The summed E-state index contributed by atoms with van der Waals surface area (Å²) < 4.78 is 2.75. The van der Waals surface area contributed by atoms with Gasteiger partial charge in [0, 0.05) is 0 Å². The first-order chi connectivity index (χ1) is 5.15. The molecular formula is C9H24N3+3. The molecule has 0 aliphatic carbocycles. The van der Waals surface area contributed by atoms with E-state index >= 15 is 0 Å². The fourth-order valence-electron chi connectivity index (χ4n) is 0. The first-order valence-electron chi connectivity index (χ1n) is 3.70. The van der Waals surface area contributed by atoms with Gasteiger partial charge in [0.25, 0.3) is 13.6 Å². The van der Waals surface area contributed by atoms with Crippen molar-refractivity contribution in [2.75, 3.05) is 49.3 Å². The van der Waals surface area contributed by atoms with Crippen LogP contribution in [0.1, 0.15) is 0 Å². The molecule has 0 spiro atoms. The molecule has 0 aromatic heterocycles. The number of rotatable bonds is 0. The molecule has 0 aromatic carbocycles. The highest BCUT2D eigenvalue weighted by Gasteiger charge is 1.88. The molecule has 0 aliphatic rings. The summed E-state index contributed by atoms with van der Waals surface area (Å²) in [5.74, 6) is 0. The van der Waals surface area contributed by atoms with Gasteiger partial charge in [-0.3, -0.25) is 0 Å². The topological polar surface area (TPSA) is 7.37 Å². The molecule has 0 radical (unpaired) electrons. The predicted octanol–water partition coefficient (Wildman–Crippen LogP) is 0.860. The second kappa shape index (κ2) is 10.1. The molecule has 0 rings (SSSR count). The van der Waals surface area contributed by atoms with Crippen LogP contribution in [0.5, 0.6) is 0 Å². The zero-order chi connectivity index (χ0) is 10.8. The van der Waals surface area contributed by atoms with Crippen LogP contribution >= 0.6 is 0 Å². The Morgan fingerprint density at radius 3 is 1.17 bits per heavy atom. The maximum atomic E-state index is 4.47. The van der Waals surface area contributed by atoms with Crippen LogP contribution < -0.4 is 0 Å². The lowest BCUT2D eigenvalue weighted by atomic mass is 10.8. The minimum atomic E-state index is 1.00. The van der Waals surface area contributed by atoms with Crippen LogP contribution in [-0.4, -0.2) is 65.1 Å². The molecule has 12 heavy (non-hydrogen) atoms. The molecule has 0 aliphatic heterocycles. The van der Waals surface area contributed by atoms with E-state index in [0.29, 0.717) is 0 Å². The summed E-state index contributed by atoms with van der Waals surface area (Å²) in [7, 11) is 13.8. The van der Waals surface area contributed by atoms with Gasteiger partial charge < -0.3 is 4.48 Å². The Morgan fingerprint density at radius 1 is 1.17 bits per heavy atom. The monoisotopic (exact) mass is 174 g/mol. The summed E-state index contributed by atoms with van der Waals surface area (Å²) >= 11 is 0. The minimum absolute atomic E-state index is 1.00. The third-order valence-electron chi connectivity index (χ3n) is 0. The van der Waals surface area contributed by atoms with Crippen LogP contribution in [0.15, 0.2) is 0 Å². The Hall–Kier alpha value is -0.880. The zero-order valence-corrected chi connectivity index (χ0v) is 9.63. The average molecular weight is 174 g/mol.